The van der Waals surface area contributed by atoms with Crippen molar-refractivity contribution in [1.29, 1.82) is 0 Å². The van der Waals surface area contributed by atoms with Crippen molar-refractivity contribution in [3.05, 3.63) is 94.2 Å². The van der Waals surface area contributed by atoms with Crippen LogP contribution in [0, 0.1) is 6.92 Å². The Morgan fingerprint density at radius 3 is 2.50 bits per heavy atom. The van der Waals surface area contributed by atoms with Crippen LogP contribution in [-0.2, 0) is 17.9 Å². The van der Waals surface area contributed by atoms with Crippen LogP contribution in [0.5, 0.6) is 0 Å². The van der Waals surface area contributed by atoms with Crippen molar-refractivity contribution in [2.24, 2.45) is 0 Å². The van der Waals surface area contributed by atoms with Crippen molar-refractivity contribution in [2.45, 2.75) is 26.2 Å². The Kier molecular flexibility index (Phi) is 4.37. The molecule has 0 spiro atoms. The minimum Gasteiger partial charge on any atom is -0.380 e. The van der Waals surface area contributed by atoms with Crippen LogP contribution in [0.3, 0.4) is 0 Å². The molecule has 0 radical (unpaired) electrons. The zero-order valence-corrected chi connectivity index (χ0v) is 16.8. The van der Waals surface area contributed by atoms with Crippen molar-refractivity contribution in [3.8, 4) is 0 Å². The largest absolute Gasteiger partial charge is 0.380 e. The molecular weight excluding hydrogens is 378 g/mol. The number of fused-ring (bicyclic) bond motifs is 4. The van der Waals surface area contributed by atoms with Gasteiger partial charge in [0.1, 0.15) is 12.0 Å². The highest BCUT2D eigenvalue weighted by atomic mass is 16.5. The molecule has 0 aliphatic carbocycles. The molecule has 6 nitrogen and oxygen atoms in total. The molecule has 1 atom stereocenters. The first-order chi connectivity index (χ1) is 14.6. The lowest BCUT2D eigenvalue weighted by Crippen LogP contribution is -2.48. The van der Waals surface area contributed by atoms with Crippen LogP contribution >= 0.6 is 0 Å². The highest BCUT2D eigenvalue weighted by Crippen LogP contribution is 2.45. The fraction of sp³-hybridized carbons (Fsp3) is 0.208. The number of methoxy groups -OCH3 is 1. The minimum atomic E-state index is -0.515. The zero-order chi connectivity index (χ0) is 20.8. The summed E-state index contributed by atoms with van der Waals surface area (Å²) in [6, 6.07) is 19.3. The van der Waals surface area contributed by atoms with Crippen LogP contribution in [-0.4, -0.2) is 28.8 Å². The van der Waals surface area contributed by atoms with Crippen molar-refractivity contribution >= 4 is 17.6 Å². The predicted octanol–water partition coefficient (Wildman–Crippen LogP) is 3.85. The van der Waals surface area contributed by atoms with Crippen LogP contribution in [0.2, 0.25) is 0 Å². The van der Waals surface area contributed by atoms with E-state index in [4.69, 9.17) is 9.72 Å². The van der Waals surface area contributed by atoms with Crippen molar-refractivity contribution < 1.29 is 14.3 Å². The Morgan fingerprint density at radius 2 is 1.73 bits per heavy atom. The number of hydrogen-bond acceptors (Lipinski definition) is 5. The van der Waals surface area contributed by atoms with Gasteiger partial charge >= 0.3 is 0 Å². The van der Waals surface area contributed by atoms with Crippen LogP contribution in [0.15, 0.2) is 60.7 Å². The molecule has 2 aromatic carbocycles. The molecule has 0 N–H and O–H groups in total. The van der Waals surface area contributed by atoms with Gasteiger partial charge < -0.3 is 9.64 Å². The van der Waals surface area contributed by atoms with Gasteiger partial charge in [0.15, 0.2) is 0 Å². The second-order valence-electron chi connectivity index (χ2n) is 7.61. The lowest BCUT2D eigenvalue weighted by atomic mass is 10.0. The van der Waals surface area contributed by atoms with E-state index in [2.05, 4.69) is 4.90 Å². The number of aromatic nitrogens is 1. The van der Waals surface area contributed by atoms with Crippen molar-refractivity contribution in [3.63, 3.8) is 0 Å². The summed E-state index contributed by atoms with van der Waals surface area (Å²) in [5.41, 5.74) is 4.45. The third-order valence-corrected chi connectivity index (χ3v) is 5.64. The number of ether oxygens (including phenoxy) is 1. The first kappa shape index (κ1) is 18.5. The number of nitrogens with zero attached hydrogens (tertiary/aromatic N) is 3. The highest BCUT2D eigenvalue weighted by Gasteiger charge is 2.49. The summed E-state index contributed by atoms with van der Waals surface area (Å²) >= 11 is 0. The average Bonchev–Trinajstić information content (AvgIpc) is 3.05. The van der Waals surface area contributed by atoms with E-state index < -0.39 is 6.17 Å². The highest BCUT2D eigenvalue weighted by molar-refractivity contribution is 6.17. The molecule has 0 bridgehead atoms. The number of amides is 2. The summed E-state index contributed by atoms with van der Waals surface area (Å²) in [4.78, 5) is 35.0. The molecule has 0 saturated carbocycles. The van der Waals surface area contributed by atoms with Gasteiger partial charge in [-0.3, -0.25) is 9.59 Å². The fourth-order valence-electron chi connectivity index (χ4n) is 4.42. The maximum absolute atomic E-state index is 13.6. The van der Waals surface area contributed by atoms with Gasteiger partial charge in [-0.05, 0) is 30.2 Å². The number of carbonyl (C=O) groups excluding carboxylic acids is 2. The number of rotatable bonds is 4. The Labute approximate surface area is 174 Å². The van der Waals surface area contributed by atoms with Gasteiger partial charge in [0, 0.05) is 30.5 Å². The summed E-state index contributed by atoms with van der Waals surface area (Å²) < 4.78 is 5.35. The number of benzene rings is 2. The van der Waals surface area contributed by atoms with Gasteiger partial charge in [-0.25, -0.2) is 9.88 Å². The van der Waals surface area contributed by atoms with E-state index in [1.54, 1.807) is 13.2 Å². The Bertz CT molecular complexity index is 1160. The number of pyridine rings is 1. The Hall–Kier alpha value is -3.51. The second kappa shape index (κ2) is 7.07. The molecule has 2 aliphatic rings. The first-order valence-corrected chi connectivity index (χ1v) is 9.87. The summed E-state index contributed by atoms with van der Waals surface area (Å²) in [5.74, 6) is 0.00923. The Balaban J connectivity index is 1.75. The number of carbonyl (C=O) groups is 2. The topological polar surface area (TPSA) is 62.7 Å². The minimum absolute atomic E-state index is 0.270. The van der Waals surface area contributed by atoms with Gasteiger partial charge in [-0.15, -0.1) is 0 Å². The second-order valence-corrected chi connectivity index (χ2v) is 7.61. The first-order valence-electron chi connectivity index (χ1n) is 9.87. The summed E-state index contributed by atoms with van der Waals surface area (Å²) in [6.07, 6.45) is -0.515. The van der Waals surface area contributed by atoms with E-state index in [1.807, 2.05) is 61.5 Å². The molecule has 2 amide bonds. The molecule has 0 fully saturated rings. The SMILES string of the molecule is COCc1cc(C)nc2c1C(=O)N1C(=O)c3ccccc3[C@@H]1N2Cc1ccccc1. The van der Waals surface area contributed by atoms with Gasteiger partial charge in [0.05, 0.1) is 12.2 Å². The smallest absolute Gasteiger partial charge is 0.266 e. The van der Waals surface area contributed by atoms with Gasteiger partial charge in [0.2, 0.25) is 0 Å². The van der Waals surface area contributed by atoms with Gasteiger partial charge in [0.25, 0.3) is 11.8 Å². The third kappa shape index (κ3) is 2.72. The van der Waals surface area contributed by atoms with E-state index in [0.717, 1.165) is 22.4 Å². The molecule has 3 heterocycles. The van der Waals surface area contributed by atoms with E-state index in [1.165, 1.54) is 4.90 Å². The molecule has 0 unspecified atom stereocenters. The van der Waals surface area contributed by atoms with E-state index in [9.17, 15) is 9.59 Å². The molecule has 150 valence electrons. The average molecular weight is 399 g/mol. The molecule has 5 rings (SSSR count). The summed E-state index contributed by atoms with van der Waals surface area (Å²) in [7, 11) is 1.59. The van der Waals surface area contributed by atoms with Crippen molar-refractivity contribution in [1.82, 2.24) is 9.88 Å². The molecular formula is C24H21N3O3. The molecule has 2 aliphatic heterocycles. The lowest BCUT2D eigenvalue weighted by molar-refractivity contribution is 0.0553. The molecule has 1 aromatic heterocycles. The van der Waals surface area contributed by atoms with Crippen LogP contribution in [0.4, 0.5) is 5.82 Å². The van der Waals surface area contributed by atoms with E-state index >= 15 is 0 Å². The quantitative estimate of drug-likeness (QED) is 0.624. The number of aryl methyl sites for hydroxylation is 1. The maximum Gasteiger partial charge on any atom is 0.266 e. The predicted molar refractivity (Wildman–Crippen MR) is 112 cm³/mol. The maximum atomic E-state index is 13.6. The van der Waals surface area contributed by atoms with Gasteiger partial charge in [-0.1, -0.05) is 48.5 Å². The standard InChI is InChI=1S/C24H21N3O3/c1-15-12-17(14-30-2)20-21(25-15)26(13-16-8-4-3-5-9-16)22-18-10-6-7-11-19(18)23(28)27(22)24(20)29/h3-12,22H,13-14H2,1-2H3/t22-/m1/s1. The lowest BCUT2D eigenvalue weighted by Gasteiger charge is -2.41. The monoisotopic (exact) mass is 399 g/mol. The zero-order valence-electron chi connectivity index (χ0n) is 16.8. The van der Waals surface area contributed by atoms with Crippen molar-refractivity contribution in [2.75, 3.05) is 12.0 Å². The number of hydrogen-bond donors (Lipinski definition) is 0. The van der Waals surface area contributed by atoms with E-state index in [0.29, 0.717) is 23.5 Å². The fourth-order valence-corrected chi connectivity index (χ4v) is 4.42. The molecule has 3 aromatic rings. The summed E-state index contributed by atoms with van der Waals surface area (Å²) in [5, 5.41) is 0. The third-order valence-electron chi connectivity index (χ3n) is 5.64. The van der Waals surface area contributed by atoms with E-state index in [-0.39, 0.29) is 18.4 Å². The van der Waals surface area contributed by atoms with Crippen LogP contribution in [0.25, 0.3) is 0 Å². The normalized spacial score (nSPS) is 17.1. The van der Waals surface area contributed by atoms with Crippen LogP contribution in [0.1, 0.15) is 49.3 Å². The molecule has 0 saturated heterocycles. The van der Waals surface area contributed by atoms with Crippen LogP contribution < -0.4 is 4.90 Å². The molecule has 6 heteroatoms. The Morgan fingerprint density at radius 1 is 1.00 bits per heavy atom. The number of imide groups is 1. The number of anilines is 1. The molecule has 30 heavy (non-hydrogen) atoms. The summed E-state index contributed by atoms with van der Waals surface area (Å²) in [6.45, 7) is 2.70. The van der Waals surface area contributed by atoms with Gasteiger partial charge in [-0.2, -0.15) is 0 Å².